The van der Waals surface area contributed by atoms with Crippen molar-refractivity contribution in [1.82, 2.24) is 20.2 Å². The number of nitrogens with zero attached hydrogens (tertiary/aromatic N) is 1. The van der Waals surface area contributed by atoms with Gasteiger partial charge in [0.25, 0.3) is 0 Å². The van der Waals surface area contributed by atoms with Crippen LogP contribution in [0.3, 0.4) is 0 Å². The Morgan fingerprint density at radius 1 is 1.45 bits per heavy atom. The molecule has 0 radical (unpaired) electrons. The van der Waals surface area contributed by atoms with E-state index in [0.717, 1.165) is 5.69 Å². The number of hydrogen-bond donors (Lipinski definition) is 3. The Labute approximate surface area is 61.5 Å². The fourth-order valence-corrected chi connectivity index (χ4v) is 0.875. The van der Waals surface area contributed by atoms with Gasteiger partial charge in [0.05, 0.1) is 5.69 Å². The Balaban J connectivity index is 2.53. The number of H-pyrrole nitrogens is 3. The average molecular weight is 150 g/mol. The van der Waals surface area contributed by atoms with Crippen LogP contribution in [-0.2, 0) is 0 Å². The van der Waals surface area contributed by atoms with Crippen LogP contribution in [0.15, 0.2) is 23.1 Å². The maximum Gasteiger partial charge on any atom is 0.340 e. The van der Waals surface area contributed by atoms with Gasteiger partial charge >= 0.3 is 5.69 Å². The average Bonchev–Trinajstić information content (AvgIpc) is 2.55. The number of rotatable bonds is 1. The Bertz CT molecular complexity index is 383. The summed E-state index contributed by atoms with van der Waals surface area (Å²) in [5, 5.41) is 6.01. The molecule has 0 bridgehead atoms. The van der Waals surface area contributed by atoms with Crippen LogP contribution in [0.5, 0.6) is 0 Å². The highest BCUT2D eigenvalue weighted by molar-refractivity contribution is 5.47. The molecule has 0 saturated heterocycles. The van der Waals surface area contributed by atoms with E-state index in [0.29, 0.717) is 5.82 Å². The third-order valence-electron chi connectivity index (χ3n) is 1.35. The highest BCUT2D eigenvalue weighted by Gasteiger charge is 2.00. The zero-order valence-corrected chi connectivity index (χ0v) is 5.59. The van der Waals surface area contributed by atoms with E-state index in [1.807, 2.05) is 12.1 Å². The summed E-state index contributed by atoms with van der Waals surface area (Å²) < 4.78 is 0. The lowest BCUT2D eigenvalue weighted by molar-refractivity contribution is 1.05. The van der Waals surface area contributed by atoms with Gasteiger partial charge in [-0.15, -0.1) is 0 Å². The van der Waals surface area contributed by atoms with Crippen LogP contribution in [0, 0.1) is 0 Å². The van der Waals surface area contributed by atoms with Crippen LogP contribution in [0.1, 0.15) is 0 Å². The van der Waals surface area contributed by atoms with Gasteiger partial charge in [-0.3, -0.25) is 4.98 Å². The molecule has 2 aromatic heterocycles. The molecule has 3 N–H and O–H groups in total. The molecule has 5 nitrogen and oxygen atoms in total. The molecular weight excluding hydrogens is 144 g/mol. The Hall–Kier alpha value is -1.78. The molecule has 0 atom stereocenters. The van der Waals surface area contributed by atoms with E-state index in [-0.39, 0.29) is 5.69 Å². The molecule has 0 aromatic carbocycles. The highest BCUT2D eigenvalue weighted by Crippen LogP contribution is 2.06. The third kappa shape index (κ3) is 0.958. The fraction of sp³-hybridized carbons (Fsp3) is 0. The van der Waals surface area contributed by atoms with Crippen molar-refractivity contribution in [2.75, 3.05) is 0 Å². The van der Waals surface area contributed by atoms with Crippen molar-refractivity contribution in [1.29, 1.82) is 0 Å². The summed E-state index contributed by atoms with van der Waals surface area (Å²) in [5.74, 6) is 0.528. The van der Waals surface area contributed by atoms with Gasteiger partial charge in [0, 0.05) is 6.20 Å². The van der Waals surface area contributed by atoms with Crippen molar-refractivity contribution in [2.45, 2.75) is 0 Å². The summed E-state index contributed by atoms with van der Waals surface area (Å²) in [6, 6.07) is 3.66. The molecule has 2 heterocycles. The SMILES string of the molecule is O=c1[nH]nc(-c2ccc[nH]2)[nH]1. The smallest absolute Gasteiger partial charge is 0.340 e. The summed E-state index contributed by atoms with van der Waals surface area (Å²) in [4.78, 5) is 16.0. The summed E-state index contributed by atoms with van der Waals surface area (Å²) >= 11 is 0. The molecule has 0 aliphatic heterocycles. The molecule has 11 heavy (non-hydrogen) atoms. The number of aromatic amines is 3. The van der Waals surface area contributed by atoms with Gasteiger partial charge in [-0.2, -0.15) is 5.10 Å². The van der Waals surface area contributed by atoms with Crippen LogP contribution >= 0.6 is 0 Å². The lowest BCUT2D eigenvalue weighted by atomic mass is 10.4. The van der Waals surface area contributed by atoms with E-state index in [2.05, 4.69) is 20.2 Å². The van der Waals surface area contributed by atoms with Crippen molar-refractivity contribution >= 4 is 0 Å². The van der Waals surface area contributed by atoms with Crippen LogP contribution < -0.4 is 5.69 Å². The molecule has 56 valence electrons. The van der Waals surface area contributed by atoms with Gasteiger partial charge < -0.3 is 4.98 Å². The molecule has 0 unspecified atom stereocenters. The van der Waals surface area contributed by atoms with Crippen molar-refractivity contribution in [3.05, 3.63) is 28.8 Å². The first kappa shape index (κ1) is 5.96. The quantitative estimate of drug-likeness (QED) is 0.538. The minimum Gasteiger partial charge on any atom is -0.359 e. The standard InChI is InChI=1S/C6H6N4O/c11-6-8-5(9-10-6)4-2-1-3-7-4/h1-3,7H,(H2,8,9,10,11). The number of nitrogens with one attached hydrogen (secondary N) is 3. The Kier molecular flexibility index (Phi) is 1.15. The molecule has 5 heteroatoms. The van der Waals surface area contributed by atoms with Gasteiger partial charge in [0.1, 0.15) is 0 Å². The van der Waals surface area contributed by atoms with Gasteiger partial charge in [0.2, 0.25) is 0 Å². The van der Waals surface area contributed by atoms with Gasteiger partial charge in [-0.25, -0.2) is 9.89 Å². The van der Waals surface area contributed by atoms with Crippen LogP contribution in [0.4, 0.5) is 0 Å². The normalized spacial score (nSPS) is 10.2. The Morgan fingerprint density at radius 3 is 2.91 bits per heavy atom. The molecule has 0 fully saturated rings. The Morgan fingerprint density at radius 2 is 2.36 bits per heavy atom. The van der Waals surface area contributed by atoms with Gasteiger partial charge in [-0.05, 0) is 12.1 Å². The molecular formula is C6H6N4O. The molecule has 2 rings (SSSR count). The predicted molar refractivity (Wildman–Crippen MR) is 39.0 cm³/mol. The second-order valence-electron chi connectivity index (χ2n) is 2.11. The number of hydrogen-bond acceptors (Lipinski definition) is 2. The van der Waals surface area contributed by atoms with Gasteiger partial charge in [0.15, 0.2) is 5.82 Å². The van der Waals surface area contributed by atoms with E-state index < -0.39 is 0 Å². The second-order valence-corrected chi connectivity index (χ2v) is 2.11. The number of aromatic nitrogens is 4. The summed E-state index contributed by atoms with van der Waals surface area (Å²) in [6.07, 6.45) is 1.77. The second kappa shape index (κ2) is 2.12. The molecule has 0 aliphatic rings. The molecule has 2 aromatic rings. The molecule has 0 amide bonds. The van der Waals surface area contributed by atoms with E-state index >= 15 is 0 Å². The topological polar surface area (TPSA) is 77.3 Å². The lowest BCUT2D eigenvalue weighted by Gasteiger charge is -1.84. The maximum atomic E-state index is 10.6. The van der Waals surface area contributed by atoms with Crippen molar-refractivity contribution < 1.29 is 0 Å². The highest BCUT2D eigenvalue weighted by atomic mass is 16.1. The first-order valence-electron chi connectivity index (χ1n) is 3.15. The minimum atomic E-state index is -0.297. The van der Waals surface area contributed by atoms with Crippen LogP contribution in [-0.4, -0.2) is 20.2 Å². The summed E-state index contributed by atoms with van der Waals surface area (Å²) in [7, 11) is 0. The van der Waals surface area contributed by atoms with E-state index in [1.165, 1.54) is 0 Å². The fourth-order valence-electron chi connectivity index (χ4n) is 0.875. The van der Waals surface area contributed by atoms with Gasteiger partial charge in [-0.1, -0.05) is 0 Å². The summed E-state index contributed by atoms with van der Waals surface area (Å²) in [6.45, 7) is 0. The lowest BCUT2D eigenvalue weighted by Crippen LogP contribution is -2.00. The minimum absolute atomic E-state index is 0.297. The monoisotopic (exact) mass is 150 g/mol. The zero-order valence-electron chi connectivity index (χ0n) is 5.59. The van der Waals surface area contributed by atoms with Crippen molar-refractivity contribution in [3.63, 3.8) is 0 Å². The van der Waals surface area contributed by atoms with Crippen LogP contribution in [0.2, 0.25) is 0 Å². The van der Waals surface area contributed by atoms with Crippen molar-refractivity contribution in [3.8, 4) is 11.5 Å². The summed E-state index contributed by atoms with van der Waals surface area (Å²) in [5.41, 5.74) is 0.498. The van der Waals surface area contributed by atoms with E-state index in [4.69, 9.17) is 0 Å². The van der Waals surface area contributed by atoms with E-state index in [1.54, 1.807) is 6.20 Å². The van der Waals surface area contributed by atoms with Crippen molar-refractivity contribution in [2.24, 2.45) is 0 Å². The third-order valence-corrected chi connectivity index (χ3v) is 1.35. The molecule has 0 spiro atoms. The largest absolute Gasteiger partial charge is 0.359 e. The maximum absolute atomic E-state index is 10.6. The van der Waals surface area contributed by atoms with E-state index in [9.17, 15) is 4.79 Å². The molecule has 0 aliphatic carbocycles. The predicted octanol–water partition coefficient (Wildman–Crippen LogP) is 0.0931. The molecule has 0 saturated carbocycles. The van der Waals surface area contributed by atoms with Crippen LogP contribution in [0.25, 0.3) is 11.5 Å². The zero-order chi connectivity index (χ0) is 7.68. The first-order chi connectivity index (χ1) is 5.36. The first-order valence-corrected chi connectivity index (χ1v) is 3.15.